The number of nitrogens with one attached hydrogen (secondary N) is 1. The van der Waals surface area contributed by atoms with Gasteiger partial charge in [0.2, 0.25) is 11.8 Å². The number of rotatable bonds is 11. The Morgan fingerprint density at radius 3 is 2.15 bits per heavy atom. The first-order chi connectivity index (χ1) is 19.2. The highest BCUT2D eigenvalue weighted by molar-refractivity contribution is 7.92. The molecule has 0 aliphatic heterocycles. The van der Waals surface area contributed by atoms with Gasteiger partial charge in [0.25, 0.3) is 10.0 Å². The molecule has 0 aliphatic rings. The third-order valence-electron chi connectivity index (χ3n) is 6.46. The lowest BCUT2D eigenvalue weighted by Gasteiger charge is -2.35. The molecule has 0 radical (unpaired) electrons. The van der Waals surface area contributed by atoms with Gasteiger partial charge in [-0.1, -0.05) is 84.2 Å². The van der Waals surface area contributed by atoms with Crippen LogP contribution >= 0.6 is 23.2 Å². The van der Waals surface area contributed by atoms with E-state index in [1.165, 1.54) is 23.1 Å². The van der Waals surface area contributed by atoms with Crippen LogP contribution in [0, 0.1) is 6.92 Å². The van der Waals surface area contributed by atoms with Gasteiger partial charge in [0.1, 0.15) is 12.6 Å². The molecule has 0 saturated carbocycles. The molecule has 7 nitrogen and oxygen atoms in total. The second-order valence-corrected chi connectivity index (χ2v) is 13.5. The number of amides is 2. The van der Waals surface area contributed by atoms with E-state index in [1.54, 1.807) is 24.3 Å². The summed E-state index contributed by atoms with van der Waals surface area (Å²) in [6, 6.07) is 19.7. The zero-order valence-corrected chi connectivity index (χ0v) is 26.4. The van der Waals surface area contributed by atoms with Crippen LogP contribution in [0.25, 0.3) is 0 Å². The molecule has 1 unspecified atom stereocenters. The molecule has 0 bridgehead atoms. The summed E-state index contributed by atoms with van der Waals surface area (Å²) in [6.07, 6.45) is 0.819. The number of aryl methyl sites for hydroxylation is 1. The number of halogens is 2. The fraction of sp³-hybridized carbons (Fsp3) is 0.355. The number of sulfonamides is 1. The van der Waals surface area contributed by atoms with Gasteiger partial charge in [-0.05, 0) is 70.4 Å². The summed E-state index contributed by atoms with van der Waals surface area (Å²) in [5.74, 6) is -0.848. The van der Waals surface area contributed by atoms with Crippen LogP contribution in [0.1, 0.15) is 45.2 Å². The van der Waals surface area contributed by atoms with Gasteiger partial charge in [-0.2, -0.15) is 0 Å². The third kappa shape index (κ3) is 8.47. The number of hydrogen-bond donors (Lipinski definition) is 1. The molecule has 220 valence electrons. The van der Waals surface area contributed by atoms with E-state index < -0.39 is 34.1 Å². The lowest BCUT2D eigenvalue weighted by Crippen LogP contribution is -2.56. The van der Waals surface area contributed by atoms with Crippen LogP contribution in [-0.2, 0) is 26.0 Å². The third-order valence-corrected chi connectivity index (χ3v) is 9.04. The first kappa shape index (κ1) is 32.4. The molecule has 0 heterocycles. The minimum absolute atomic E-state index is 0.000273. The molecule has 0 fully saturated rings. The Morgan fingerprint density at radius 1 is 0.927 bits per heavy atom. The highest BCUT2D eigenvalue weighted by Gasteiger charge is 2.35. The molecular formula is C31H37Cl2N3O4S. The molecule has 1 atom stereocenters. The van der Waals surface area contributed by atoms with Crippen LogP contribution < -0.4 is 9.62 Å². The number of carbonyl (C=O) groups is 2. The van der Waals surface area contributed by atoms with Gasteiger partial charge in [-0.25, -0.2) is 8.42 Å². The van der Waals surface area contributed by atoms with Gasteiger partial charge in [0.05, 0.1) is 20.6 Å². The van der Waals surface area contributed by atoms with Crippen LogP contribution in [0.2, 0.25) is 10.0 Å². The average Bonchev–Trinajstić information content (AvgIpc) is 2.91. The van der Waals surface area contributed by atoms with Crippen molar-refractivity contribution >= 4 is 50.7 Å². The number of benzene rings is 3. The van der Waals surface area contributed by atoms with E-state index >= 15 is 0 Å². The molecule has 1 N–H and O–H groups in total. The van der Waals surface area contributed by atoms with Crippen molar-refractivity contribution in [1.29, 1.82) is 0 Å². The summed E-state index contributed by atoms with van der Waals surface area (Å²) in [4.78, 5) is 29.0. The van der Waals surface area contributed by atoms with Crippen molar-refractivity contribution in [2.45, 2.75) is 63.9 Å². The van der Waals surface area contributed by atoms with Crippen molar-refractivity contribution in [2.24, 2.45) is 0 Å². The summed E-state index contributed by atoms with van der Waals surface area (Å²) in [7, 11) is -4.25. The Kier molecular flexibility index (Phi) is 10.9. The SMILES string of the molecule is CCC(C(=O)NC(C)(C)C)N(CCc1ccccc1)C(=O)CN(c1cccc(Cl)c1Cl)S(=O)(=O)c1ccc(C)cc1. The smallest absolute Gasteiger partial charge is 0.264 e. The Bertz CT molecular complexity index is 1460. The normalized spacial score (nSPS) is 12.5. The van der Waals surface area contributed by atoms with E-state index in [0.29, 0.717) is 12.8 Å². The maximum absolute atomic E-state index is 14.1. The summed E-state index contributed by atoms with van der Waals surface area (Å²) >= 11 is 12.8. The maximum Gasteiger partial charge on any atom is 0.264 e. The van der Waals surface area contributed by atoms with E-state index in [2.05, 4.69) is 5.32 Å². The van der Waals surface area contributed by atoms with Crippen LogP contribution in [0.4, 0.5) is 5.69 Å². The molecule has 0 aliphatic carbocycles. The average molecular weight is 619 g/mol. The highest BCUT2D eigenvalue weighted by atomic mass is 35.5. The zero-order valence-electron chi connectivity index (χ0n) is 24.0. The Balaban J connectivity index is 2.06. The van der Waals surface area contributed by atoms with Gasteiger partial charge in [0.15, 0.2) is 0 Å². The highest BCUT2D eigenvalue weighted by Crippen LogP contribution is 2.35. The van der Waals surface area contributed by atoms with Gasteiger partial charge in [-0.3, -0.25) is 13.9 Å². The predicted octanol–water partition coefficient (Wildman–Crippen LogP) is 6.26. The quantitative estimate of drug-likeness (QED) is 0.275. The van der Waals surface area contributed by atoms with E-state index in [4.69, 9.17) is 23.2 Å². The summed E-state index contributed by atoms with van der Waals surface area (Å²) in [6.45, 7) is 8.90. The van der Waals surface area contributed by atoms with Gasteiger partial charge >= 0.3 is 0 Å². The van der Waals surface area contributed by atoms with Crippen molar-refractivity contribution in [1.82, 2.24) is 10.2 Å². The molecule has 41 heavy (non-hydrogen) atoms. The Morgan fingerprint density at radius 2 is 1.56 bits per heavy atom. The molecule has 3 rings (SSSR count). The molecular weight excluding hydrogens is 581 g/mol. The number of anilines is 1. The van der Waals surface area contributed by atoms with Crippen molar-refractivity contribution in [3.05, 3.63) is 94.0 Å². The molecule has 3 aromatic rings. The predicted molar refractivity (Wildman–Crippen MR) is 166 cm³/mol. The van der Waals surface area contributed by atoms with E-state index in [9.17, 15) is 18.0 Å². The number of carbonyl (C=O) groups excluding carboxylic acids is 2. The molecule has 0 aromatic heterocycles. The first-order valence-electron chi connectivity index (χ1n) is 13.4. The maximum atomic E-state index is 14.1. The minimum Gasteiger partial charge on any atom is -0.350 e. The second kappa shape index (κ2) is 13.7. The van der Waals surface area contributed by atoms with Crippen molar-refractivity contribution in [2.75, 3.05) is 17.4 Å². The van der Waals surface area contributed by atoms with Crippen molar-refractivity contribution < 1.29 is 18.0 Å². The molecule has 2 amide bonds. The van der Waals surface area contributed by atoms with E-state index in [1.807, 2.05) is 65.0 Å². The van der Waals surface area contributed by atoms with Gasteiger partial charge in [-0.15, -0.1) is 0 Å². The number of hydrogen-bond acceptors (Lipinski definition) is 4. The Hall–Kier alpha value is -3.07. The van der Waals surface area contributed by atoms with Crippen molar-refractivity contribution in [3.8, 4) is 0 Å². The van der Waals surface area contributed by atoms with Crippen molar-refractivity contribution in [3.63, 3.8) is 0 Å². The Labute approximate surface area is 253 Å². The lowest BCUT2D eigenvalue weighted by atomic mass is 10.1. The topological polar surface area (TPSA) is 86.8 Å². The lowest BCUT2D eigenvalue weighted by molar-refractivity contribution is -0.140. The fourth-order valence-corrected chi connectivity index (χ4v) is 6.26. The second-order valence-electron chi connectivity index (χ2n) is 10.9. The van der Waals surface area contributed by atoms with Gasteiger partial charge in [0, 0.05) is 12.1 Å². The molecule has 10 heteroatoms. The molecule has 0 spiro atoms. The van der Waals surface area contributed by atoms with Gasteiger partial charge < -0.3 is 10.2 Å². The monoisotopic (exact) mass is 617 g/mol. The molecule has 3 aromatic carbocycles. The minimum atomic E-state index is -4.25. The van der Waals surface area contributed by atoms with E-state index in [0.717, 1.165) is 15.4 Å². The van der Waals surface area contributed by atoms with E-state index in [-0.39, 0.29) is 33.1 Å². The number of nitrogens with zero attached hydrogens (tertiary/aromatic N) is 2. The van der Waals surface area contributed by atoms with Crippen LogP contribution in [0.3, 0.4) is 0 Å². The summed E-state index contributed by atoms with van der Waals surface area (Å²) in [5, 5.41) is 3.12. The van der Waals surface area contributed by atoms with Crippen LogP contribution in [0.5, 0.6) is 0 Å². The van der Waals surface area contributed by atoms with Crippen LogP contribution in [0.15, 0.2) is 77.7 Å². The summed E-state index contributed by atoms with van der Waals surface area (Å²) < 4.78 is 28.9. The zero-order chi connectivity index (χ0) is 30.4. The largest absolute Gasteiger partial charge is 0.350 e. The first-order valence-corrected chi connectivity index (χ1v) is 15.6. The summed E-state index contributed by atoms with van der Waals surface area (Å²) in [5.41, 5.74) is 1.42. The standard InChI is InChI=1S/C31H37Cl2N3O4S/c1-6-26(30(38)34-31(3,4)5)35(20-19-23-11-8-7-9-12-23)28(37)21-36(27-14-10-13-25(32)29(27)33)41(39,40)24-17-15-22(2)16-18-24/h7-18,26H,6,19-21H2,1-5H3,(H,34,38). The molecule has 0 saturated heterocycles. The van der Waals surface area contributed by atoms with Crippen LogP contribution in [-0.4, -0.2) is 49.8 Å². The fourth-order valence-electron chi connectivity index (χ4n) is 4.38.